The van der Waals surface area contributed by atoms with Gasteiger partial charge in [-0.15, -0.1) is 0 Å². The Labute approximate surface area is 116 Å². The van der Waals surface area contributed by atoms with Gasteiger partial charge in [0.25, 0.3) is 0 Å². The Morgan fingerprint density at radius 3 is 2.32 bits per heavy atom. The normalized spacial score (nSPS) is 15.4. The van der Waals surface area contributed by atoms with E-state index in [9.17, 15) is 9.59 Å². The topological polar surface area (TPSA) is 52.6 Å². The Kier molecular flexibility index (Phi) is 8.44. The standard InChI is InChI=1S/C15H28O4/c1-6-9-15(4,10-8-13(16)19-7-2)11-12(3)14(17)18-5/h12H,6-11H2,1-5H3. The van der Waals surface area contributed by atoms with E-state index >= 15 is 0 Å². The first-order valence-electron chi connectivity index (χ1n) is 7.12. The minimum atomic E-state index is -0.182. The van der Waals surface area contributed by atoms with E-state index in [2.05, 4.69) is 13.8 Å². The molecule has 0 bridgehead atoms. The molecule has 0 aromatic carbocycles. The van der Waals surface area contributed by atoms with Crippen molar-refractivity contribution in [2.24, 2.45) is 11.3 Å². The molecular formula is C15H28O4. The molecule has 0 aromatic heterocycles. The van der Waals surface area contributed by atoms with Crippen LogP contribution >= 0.6 is 0 Å². The van der Waals surface area contributed by atoms with Gasteiger partial charge in [0.1, 0.15) is 0 Å². The molecule has 2 atom stereocenters. The van der Waals surface area contributed by atoms with Crippen LogP contribution in [0.4, 0.5) is 0 Å². The number of carbonyl (C=O) groups is 2. The molecule has 4 nitrogen and oxygen atoms in total. The molecule has 2 unspecified atom stereocenters. The summed E-state index contributed by atoms with van der Waals surface area (Å²) in [5.74, 6) is -0.474. The molecule has 0 aliphatic heterocycles. The summed E-state index contributed by atoms with van der Waals surface area (Å²) in [5, 5.41) is 0. The summed E-state index contributed by atoms with van der Waals surface area (Å²) < 4.78 is 9.73. The lowest BCUT2D eigenvalue weighted by molar-refractivity contribution is -0.146. The molecule has 0 aliphatic carbocycles. The lowest BCUT2D eigenvalue weighted by Gasteiger charge is -2.31. The molecule has 0 amide bonds. The molecule has 0 N–H and O–H groups in total. The van der Waals surface area contributed by atoms with Crippen molar-refractivity contribution < 1.29 is 19.1 Å². The van der Waals surface area contributed by atoms with Gasteiger partial charge in [-0.05, 0) is 31.6 Å². The fraction of sp³-hybridized carbons (Fsp3) is 0.867. The monoisotopic (exact) mass is 272 g/mol. The van der Waals surface area contributed by atoms with Crippen LogP contribution in [-0.2, 0) is 19.1 Å². The molecule has 0 aliphatic rings. The van der Waals surface area contributed by atoms with Crippen molar-refractivity contribution in [3.8, 4) is 0 Å². The zero-order chi connectivity index (χ0) is 14.9. The van der Waals surface area contributed by atoms with E-state index in [0.717, 1.165) is 25.7 Å². The van der Waals surface area contributed by atoms with Crippen LogP contribution in [0, 0.1) is 11.3 Å². The Balaban J connectivity index is 4.48. The summed E-state index contributed by atoms with van der Waals surface area (Å²) in [7, 11) is 1.41. The van der Waals surface area contributed by atoms with Gasteiger partial charge in [0.2, 0.25) is 0 Å². The second kappa shape index (κ2) is 8.94. The van der Waals surface area contributed by atoms with Gasteiger partial charge in [-0.1, -0.05) is 27.2 Å². The van der Waals surface area contributed by atoms with Crippen LogP contribution in [-0.4, -0.2) is 25.7 Å². The third-order valence-electron chi connectivity index (χ3n) is 3.49. The Bertz CT molecular complexity index is 288. The molecule has 19 heavy (non-hydrogen) atoms. The smallest absolute Gasteiger partial charge is 0.308 e. The van der Waals surface area contributed by atoms with Gasteiger partial charge in [0.15, 0.2) is 0 Å². The SMILES string of the molecule is CCCC(C)(CCC(=O)OCC)CC(C)C(=O)OC. The molecule has 112 valence electrons. The minimum absolute atomic E-state index is 0.0187. The summed E-state index contributed by atoms with van der Waals surface area (Å²) in [6, 6.07) is 0. The zero-order valence-corrected chi connectivity index (χ0v) is 13.0. The fourth-order valence-electron chi connectivity index (χ4n) is 2.59. The van der Waals surface area contributed by atoms with E-state index in [1.807, 2.05) is 13.8 Å². The molecule has 0 rings (SSSR count). The molecule has 0 radical (unpaired) electrons. The van der Waals surface area contributed by atoms with E-state index in [-0.39, 0.29) is 23.3 Å². The fourth-order valence-corrected chi connectivity index (χ4v) is 2.59. The Hall–Kier alpha value is -1.06. The molecule has 0 saturated heterocycles. The van der Waals surface area contributed by atoms with Crippen molar-refractivity contribution in [2.45, 2.75) is 59.8 Å². The van der Waals surface area contributed by atoms with Gasteiger partial charge >= 0.3 is 11.9 Å². The lowest BCUT2D eigenvalue weighted by Crippen LogP contribution is -2.25. The van der Waals surface area contributed by atoms with Crippen molar-refractivity contribution >= 4 is 11.9 Å². The second-order valence-corrected chi connectivity index (χ2v) is 5.49. The number of methoxy groups -OCH3 is 1. The summed E-state index contributed by atoms with van der Waals surface area (Å²) in [6.07, 6.45) is 3.94. The molecule has 0 saturated carbocycles. The maximum Gasteiger partial charge on any atom is 0.308 e. The maximum absolute atomic E-state index is 11.5. The summed E-state index contributed by atoms with van der Waals surface area (Å²) in [4.78, 5) is 23.0. The predicted octanol–water partition coefficient (Wildman–Crippen LogP) is 3.34. The third-order valence-corrected chi connectivity index (χ3v) is 3.49. The van der Waals surface area contributed by atoms with Crippen LogP contribution in [0.1, 0.15) is 59.8 Å². The largest absolute Gasteiger partial charge is 0.469 e. The highest BCUT2D eigenvalue weighted by Gasteiger charge is 2.29. The highest BCUT2D eigenvalue weighted by atomic mass is 16.5. The summed E-state index contributed by atoms with van der Waals surface area (Å²) >= 11 is 0. The molecular weight excluding hydrogens is 244 g/mol. The number of carbonyl (C=O) groups excluding carboxylic acids is 2. The van der Waals surface area contributed by atoms with Gasteiger partial charge in [-0.2, -0.15) is 0 Å². The van der Waals surface area contributed by atoms with E-state index in [1.165, 1.54) is 7.11 Å². The molecule has 0 aromatic rings. The number of hydrogen-bond donors (Lipinski definition) is 0. The first-order valence-corrected chi connectivity index (χ1v) is 7.12. The molecule has 0 fully saturated rings. The van der Waals surface area contributed by atoms with Crippen molar-refractivity contribution in [3.63, 3.8) is 0 Å². The molecule has 0 heterocycles. The van der Waals surface area contributed by atoms with Gasteiger partial charge < -0.3 is 9.47 Å². The van der Waals surface area contributed by atoms with E-state index in [0.29, 0.717) is 13.0 Å². The quantitative estimate of drug-likeness (QED) is 0.604. The summed E-state index contributed by atoms with van der Waals surface area (Å²) in [6.45, 7) is 8.36. The van der Waals surface area contributed by atoms with Gasteiger partial charge in [0.05, 0.1) is 19.6 Å². The van der Waals surface area contributed by atoms with Crippen LogP contribution in [0.25, 0.3) is 0 Å². The van der Waals surface area contributed by atoms with E-state index in [4.69, 9.17) is 9.47 Å². The van der Waals surface area contributed by atoms with Crippen molar-refractivity contribution in [1.29, 1.82) is 0 Å². The average Bonchev–Trinajstić information content (AvgIpc) is 2.36. The minimum Gasteiger partial charge on any atom is -0.469 e. The molecule has 0 spiro atoms. The lowest BCUT2D eigenvalue weighted by atomic mass is 9.74. The van der Waals surface area contributed by atoms with Gasteiger partial charge in [0, 0.05) is 6.42 Å². The van der Waals surface area contributed by atoms with Crippen LogP contribution in [0.15, 0.2) is 0 Å². The maximum atomic E-state index is 11.5. The number of rotatable bonds is 9. The Morgan fingerprint density at radius 1 is 1.21 bits per heavy atom. The van der Waals surface area contributed by atoms with Crippen molar-refractivity contribution in [3.05, 3.63) is 0 Å². The average molecular weight is 272 g/mol. The van der Waals surface area contributed by atoms with E-state index in [1.54, 1.807) is 0 Å². The third kappa shape index (κ3) is 7.19. The Morgan fingerprint density at radius 2 is 1.84 bits per heavy atom. The highest BCUT2D eigenvalue weighted by Crippen LogP contribution is 2.36. The predicted molar refractivity (Wildman–Crippen MR) is 74.7 cm³/mol. The van der Waals surface area contributed by atoms with E-state index < -0.39 is 0 Å². The first kappa shape index (κ1) is 17.9. The van der Waals surface area contributed by atoms with Crippen molar-refractivity contribution in [1.82, 2.24) is 0 Å². The second-order valence-electron chi connectivity index (χ2n) is 5.49. The van der Waals surface area contributed by atoms with Crippen LogP contribution in [0.3, 0.4) is 0 Å². The van der Waals surface area contributed by atoms with Gasteiger partial charge in [-0.25, -0.2) is 0 Å². The number of hydrogen-bond acceptors (Lipinski definition) is 4. The van der Waals surface area contributed by atoms with Gasteiger partial charge in [-0.3, -0.25) is 9.59 Å². The zero-order valence-electron chi connectivity index (χ0n) is 13.0. The first-order chi connectivity index (χ1) is 8.88. The number of ether oxygens (including phenoxy) is 2. The van der Waals surface area contributed by atoms with Crippen LogP contribution in [0.2, 0.25) is 0 Å². The summed E-state index contributed by atoms with van der Waals surface area (Å²) in [5.41, 5.74) is -0.0187. The van der Waals surface area contributed by atoms with Crippen LogP contribution in [0.5, 0.6) is 0 Å². The molecule has 4 heteroatoms. The number of esters is 2. The highest BCUT2D eigenvalue weighted by molar-refractivity contribution is 5.72. The van der Waals surface area contributed by atoms with Crippen molar-refractivity contribution in [2.75, 3.05) is 13.7 Å². The van der Waals surface area contributed by atoms with Crippen LogP contribution < -0.4 is 0 Å².